The van der Waals surface area contributed by atoms with Gasteiger partial charge < -0.3 is 5.11 Å². The van der Waals surface area contributed by atoms with Gasteiger partial charge in [-0.3, -0.25) is 0 Å². The first-order valence-electron chi connectivity index (χ1n) is 2.03. The van der Waals surface area contributed by atoms with Crippen molar-refractivity contribution in [2.75, 3.05) is 6.67 Å². The lowest BCUT2D eigenvalue weighted by Gasteiger charge is -1.69. The number of halogens is 1. The first-order chi connectivity index (χ1) is 3.68. The molecule has 0 aromatic carbocycles. The van der Waals surface area contributed by atoms with Gasteiger partial charge in [-0.15, -0.1) is 6.58 Å². The van der Waals surface area contributed by atoms with Crippen LogP contribution >= 0.6 is 0 Å². The number of hydrogen-bond acceptors (Lipinski definition) is 1. The zero-order valence-corrected chi connectivity index (χ0v) is 4.72. The Morgan fingerprint density at radius 3 is 2.12 bits per heavy atom. The molecule has 0 aliphatic carbocycles. The van der Waals surface area contributed by atoms with Gasteiger partial charge in [0.25, 0.3) is 0 Å². The number of carboxylic acid groups (broad SMARTS) is 1. The zero-order chi connectivity index (χ0) is 6.99. The lowest BCUT2D eigenvalue weighted by atomic mass is 10.8. The Hall–Kier alpha value is -0.860. The van der Waals surface area contributed by atoms with Crippen molar-refractivity contribution in [3.63, 3.8) is 0 Å². The van der Waals surface area contributed by atoms with Gasteiger partial charge >= 0.3 is 5.97 Å². The summed E-state index contributed by atoms with van der Waals surface area (Å²) in [6, 6.07) is 0. The highest BCUT2D eigenvalue weighted by molar-refractivity contribution is 5.67. The average molecular weight is 120 g/mol. The molecule has 0 saturated heterocycles. The van der Waals surface area contributed by atoms with Crippen LogP contribution in [0.25, 0.3) is 0 Å². The van der Waals surface area contributed by atoms with Gasteiger partial charge in [0.15, 0.2) is 6.67 Å². The Balaban J connectivity index is 0. The molecule has 0 unspecified atom stereocenters. The van der Waals surface area contributed by atoms with Crippen LogP contribution in [0.4, 0.5) is 4.39 Å². The predicted octanol–water partition coefficient (Wildman–Crippen LogP) is 1.23. The smallest absolute Gasteiger partial charge is 0.335 e. The second-order valence-corrected chi connectivity index (χ2v) is 0.936. The Bertz CT molecular complexity index is 70.8. The van der Waals surface area contributed by atoms with E-state index in [1.54, 1.807) is 6.08 Å². The summed E-state index contributed by atoms with van der Waals surface area (Å²) in [6.07, 6.45) is 1.75. The standard InChI is InChI=1S/C3H6.C2H3FO2/c1-3-2;3-1-2(4)5/h3H,1H2,2H3;1H2,(H,4,5). The van der Waals surface area contributed by atoms with Gasteiger partial charge in [0, 0.05) is 0 Å². The molecule has 8 heavy (non-hydrogen) atoms. The number of carboxylic acids is 1. The van der Waals surface area contributed by atoms with E-state index < -0.39 is 12.6 Å². The molecule has 0 aliphatic rings. The molecule has 0 aromatic rings. The average Bonchev–Trinajstić information content (AvgIpc) is 1.69. The highest BCUT2D eigenvalue weighted by atomic mass is 19.1. The van der Waals surface area contributed by atoms with Crippen LogP contribution < -0.4 is 0 Å². The minimum absolute atomic E-state index is 1.28. The summed E-state index contributed by atoms with van der Waals surface area (Å²) in [4.78, 5) is 8.99. The molecule has 0 heterocycles. The van der Waals surface area contributed by atoms with Crippen molar-refractivity contribution < 1.29 is 14.3 Å². The summed E-state index contributed by atoms with van der Waals surface area (Å²) >= 11 is 0. The van der Waals surface area contributed by atoms with Crippen molar-refractivity contribution >= 4 is 5.97 Å². The van der Waals surface area contributed by atoms with E-state index in [9.17, 15) is 4.39 Å². The molecule has 48 valence electrons. The first kappa shape index (κ1) is 10.2. The zero-order valence-electron chi connectivity index (χ0n) is 4.72. The van der Waals surface area contributed by atoms with E-state index in [1.165, 1.54) is 0 Å². The highest BCUT2D eigenvalue weighted by Crippen LogP contribution is 1.60. The fraction of sp³-hybridized carbons (Fsp3) is 0.400. The number of allylic oxidation sites excluding steroid dienone is 1. The largest absolute Gasteiger partial charge is 0.479 e. The molecule has 0 aromatic heterocycles. The number of carbonyl (C=O) groups is 1. The number of alkyl halides is 1. The third-order valence-electron chi connectivity index (χ3n) is 0.114. The van der Waals surface area contributed by atoms with Crippen LogP contribution in [0, 0.1) is 0 Å². The van der Waals surface area contributed by atoms with Crippen molar-refractivity contribution in [1.82, 2.24) is 0 Å². The van der Waals surface area contributed by atoms with Crippen LogP contribution in [-0.4, -0.2) is 17.8 Å². The normalized spacial score (nSPS) is 6.25. The molecular weight excluding hydrogens is 111 g/mol. The Morgan fingerprint density at radius 1 is 2.00 bits per heavy atom. The minimum atomic E-state index is -1.41. The van der Waals surface area contributed by atoms with Gasteiger partial charge in [0.1, 0.15) is 0 Å². The molecule has 3 heteroatoms. The predicted molar refractivity (Wildman–Crippen MR) is 29.5 cm³/mol. The van der Waals surface area contributed by atoms with E-state index in [0.717, 1.165) is 0 Å². The van der Waals surface area contributed by atoms with Crippen LogP contribution in [0.1, 0.15) is 6.92 Å². The van der Waals surface area contributed by atoms with Gasteiger partial charge in [-0.25, -0.2) is 9.18 Å². The fourth-order valence-electron chi connectivity index (χ4n) is 0. The molecule has 2 nitrogen and oxygen atoms in total. The molecule has 0 spiro atoms. The van der Waals surface area contributed by atoms with Crippen molar-refractivity contribution in [1.29, 1.82) is 0 Å². The lowest BCUT2D eigenvalue weighted by Crippen LogP contribution is -1.93. The SMILES string of the molecule is C=CC.O=C(O)CF. The summed E-state index contributed by atoms with van der Waals surface area (Å²) in [5.74, 6) is -1.41. The molecule has 0 rings (SSSR count). The maximum absolute atomic E-state index is 10.5. The van der Waals surface area contributed by atoms with Crippen molar-refractivity contribution in [3.05, 3.63) is 12.7 Å². The maximum atomic E-state index is 10.5. The van der Waals surface area contributed by atoms with E-state index in [0.29, 0.717) is 0 Å². The molecular formula is C5H9FO2. The van der Waals surface area contributed by atoms with Gasteiger partial charge in [0.05, 0.1) is 0 Å². The number of hydrogen-bond donors (Lipinski definition) is 1. The van der Waals surface area contributed by atoms with Crippen molar-refractivity contribution in [3.8, 4) is 0 Å². The minimum Gasteiger partial charge on any atom is -0.479 e. The van der Waals surface area contributed by atoms with Crippen LogP contribution in [0.15, 0.2) is 12.7 Å². The van der Waals surface area contributed by atoms with E-state index in [1.807, 2.05) is 6.92 Å². The molecule has 0 bridgehead atoms. The molecule has 0 saturated carbocycles. The number of aliphatic carboxylic acids is 1. The van der Waals surface area contributed by atoms with E-state index in [4.69, 9.17) is 9.90 Å². The van der Waals surface area contributed by atoms with Crippen molar-refractivity contribution in [2.45, 2.75) is 6.92 Å². The van der Waals surface area contributed by atoms with Crippen LogP contribution in [0.2, 0.25) is 0 Å². The molecule has 0 amide bonds. The quantitative estimate of drug-likeness (QED) is 0.528. The van der Waals surface area contributed by atoms with Gasteiger partial charge in [0.2, 0.25) is 0 Å². The summed E-state index contributed by atoms with van der Waals surface area (Å²) < 4.78 is 10.5. The van der Waals surface area contributed by atoms with Crippen molar-refractivity contribution in [2.24, 2.45) is 0 Å². The van der Waals surface area contributed by atoms with Crippen LogP contribution in [-0.2, 0) is 4.79 Å². The third-order valence-corrected chi connectivity index (χ3v) is 0.114. The second kappa shape index (κ2) is 9.46. The summed E-state index contributed by atoms with van der Waals surface area (Å²) in [5, 5.41) is 7.35. The monoisotopic (exact) mass is 120 g/mol. The highest BCUT2D eigenvalue weighted by Gasteiger charge is 1.85. The first-order valence-corrected chi connectivity index (χ1v) is 2.03. The molecule has 0 radical (unpaired) electrons. The third kappa shape index (κ3) is 67.8. The lowest BCUT2D eigenvalue weighted by molar-refractivity contribution is -0.137. The van der Waals surface area contributed by atoms with E-state index >= 15 is 0 Å². The topological polar surface area (TPSA) is 37.3 Å². The molecule has 0 fully saturated rings. The maximum Gasteiger partial charge on any atom is 0.335 e. The second-order valence-electron chi connectivity index (χ2n) is 0.936. The summed E-state index contributed by atoms with van der Waals surface area (Å²) in [6.45, 7) is 3.97. The van der Waals surface area contributed by atoms with E-state index in [2.05, 4.69) is 6.58 Å². The Morgan fingerprint density at radius 2 is 2.12 bits per heavy atom. The molecule has 1 N–H and O–H groups in total. The van der Waals surface area contributed by atoms with Crippen LogP contribution in [0.3, 0.4) is 0 Å². The molecule has 0 atom stereocenters. The van der Waals surface area contributed by atoms with Crippen LogP contribution in [0.5, 0.6) is 0 Å². The van der Waals surface area contributed by atoms with E-state index in [-0.39, 0.29) is 0 Å². The van der Waals surface area contributed by atoms with Gasteiger partial charge in [-0.05, 0) is 6.92 Å². The Labute approximate surface area is 47.6 Å². The summed E-state index contributed by atoms with van der Waals surface area (Å²) in [5.41, 5.74) is 0. The van der Waals surface area contributed by atoms with Gasteiger partial charge in [-0.2, -0.15) is 0 Å². The fourth-order valence-corrected chi connectivity index (χ4v) is 0. The number of rotatable bonds is 1. The Kier molecular flexibility index (Phi) is 12.1. The van der Waals surface area contributed by atoms with Gasteiger partial charge in [-0.1, -0.05) is 6.08 Å². The summed E-state index contributed by atoms with van der Waals surface area (Å²) in [7, 11) is 0. The molecule has 0 aliphatic heterocycles.